The van der Waals surface area contributed by atoms with Gasteiger partial charge < -0.3 is 9.26 Å². The van der Waals surface area contributed by atoms with Gasteiger partial charge in [0.25, 0.3) is 0 Å². The Hall–Kier alpha value is -1.23. The number of ether oxygens (including phenoxy) is 1. The van der Waals surface area contributed by atoms with Crippen molar-refractivity contribution in [3.63, 3.8) is 0 Å². The van der Waals surface area contributed by atoms with Crippen LogP contribution in [0.25, 0.3) is 0 Å². The summed E-state index contributed by atoms with van der Waals surface area (Å²) in [6, 6.07) is 0. The molecular weight excluding hydrogens is 232 g/mol. The van der Waals surface area contributed by atoms with E-state index >= 15 is 0 Å². The van der Waals surface area contributed by atoms with E-state index in [0.717, 1.165) is 19.3 Å². The zero-order valence-corrected chi connectivity index (χ0v) is 11.2. The molecule has 1 aliphatic carbocycles. The minimum atomic E-state index is -0.575. The molecule has 1 aromatic heterocycles. The van der Waals surface area contributed by atoms with E-state index in [1.54, 1.807) is 0 Å². The number of hydrogen-bond acceptors (Lipinski definition) is 5. The molecule has 5 nitrogen and oxygen atoms in total. The van der Waals surface area contributed by atoms with Crippen LogP contribution >= 0.6 is 0 Å². The highest BCUT2D eigenvalue weighted by Gasteiger charge is 2.32. The van der Waals surface area contributed by atoms with Crippen LogP contribution in [0.4, 0.5) is 0 Å². The van der Waals surface area contributed by atoms with Crippen LogP contribution in [-0.4, -0.2) is 22.5 Å². The van der Waals surface area contributed by atoms with Gasteiger partial charge >= 0.3 is 0 Å². The molecule has 0 bridgehead atoms. The van der Waals surface area contributed by atoms with Crippen molar-refractivity contribution in [3.05, 3.63) is 11.7 Å². The summed E-state index contributed by atoms with van der Waals surface area (Å²) in [6.45, 7) is 6.30. The van der Waals surface area contributed by atoms with Gasteiger partial charge in [0, 0.05) is 13.0 Å². The first kappa shape index (κ1) is 13.2. The molecule has 100 valence electrons. The van der Waals surface area contributed by atoms with Crippen molar-refractivity contribution in [1.82, 2.24) is 10.1 Å². The molecule has 0 radical (unpaired) electrons. The van der Waals surface area contributed by atoms with E-state index in [4.69, 9.17) is 9.26 Å². The number of aromatic nitrogens is 2. The SMILES string of the molecule is CCOC(C)(C)c1noc(C2CCCCC2=O)n1. The molecule has 1 heterocycles. The molecule has 0 aliphatic heterocycles. The summed E-state index contributed by atoms with van der Waals surface area (Å²) in [6.07, 6.45) is 3.45. The molecule has 0 saturated heterocycles. The Morgan fingerprint density at radius 1 is 1.44 bits per heavy atom. The largest absolute Gasteiger partial charge is 0.368 e. The standard InChI is InChI=1S/C13H20N2O3/c1-4-17-13(2,3)12-14-11(18-15-12)9-7-5-6-8-10(9)16/h9H,4-8H2,1-3H3. The summed E-state index contributed by atoms with van der Waals surface area (Å²) in [4.78, 5) is 16.2. The highest BCUT2D eigenvalue weighted by molar-refractivity contribution is 5.85. The number of hydrogen-bond donors (Lipinski definition) is 0. The third kappa shape index (κ3) is 2.61. The lowest BCUT2D eigenvalue weighted by molar-refractivity contribution is -0.122. The van der Waals surface area contributed by atoms with Crippen molar-refractivity contribution >= 4 is 5.78 Å². The molecule has 1 saturated carbocycles. The molecule has 1 atom stereocenters. The van der Waals surface area contributed by atoms with Crippen molar-refractivity contribution in [3.8, 4) is 0 Å². The monoisotopic (exact) mass is 252 g/mol. The first-order valence-electron chi connectivity index (χ1n) is 6.55. The van der Waals surface area contributed by atoms with Crippen LogP contribution in [-0.2, 0) is 15.1 Å². The average molecular weight is 252 g/mol. The molecule has 1 aromatic rings. The molecular formula is C13H20N2O3. The van der Waals surface area contributed by atoms with E-state index in [0.29, 0.717) is 24.7 Å². The molecule has 1 aliphatic rings. The number of ketones is 1. The molecule has 0 aromatic carbocycles. The lowest BCUT2D eigenvalue weighted by Gasteiger charge is -2.20. The van der Waals surface area contributed by atoms with E-state index < -0.39 is 5.60 Å². The van der Waals surface area contributed by atoms with Gasteiger partial charge in [0.05, 0.1) is 5.92 Å². The van der Waals surface area contributed by atoms with Crippen molar-refractivity contribution in [2.45, 2.75) is 58.0 Å². The number of Topliss-reactive ketones (excluding diaryl/α,β-unsaturated/α-hetero) is 1. The maximum absolute atomic E-state index is 11.8. The van der Waals surface area contributed by atoms with Crippen LogP contribution in [0, 0.1) is 0 Å². The fraction of sp³-hybridized carbons (Fsp3) is 0.769. The Kier molecular flexibility index (Phi) is 3.80. The summed E-state index contributed by atoms with van der Waals surface area (Å²) in [5, 5.41) is 3.95. The van der Waals surface area contributed by atoms with Crippen LogP contribution in [0.1, 0.15) is 64.1 Å². The molecule has 0 spiro atoms. The average Bonchev–Trinajstić information content (AvgIpc) is 2.79. The Labute approximate surface area is 107 Å². The number of carbonyl (C=O) groups excluding carboxylic acids is 1. The van der Waals surface area contributed by atoms with Crippen LogP contribution in [0.15, 0.2) is 4.52 Å². The lowest BCUT2D eigenvalue weighted by atomic mass is 9.88. The fourth-order valence-electron chi connectivity index (χ4n) is 2.29. The minimum absolute atomic E-state index is 0.211. The van der Waals surface area contributed by atoms with Gasteiger partial charge in [-0.25, -0.2) is 0 Å². The van der Waals surface area contributed by atoms with E-state index in [-0.39, 0.29) is 11.7 Å². The van der Waals surface area contributed by atoms with Gasteiger partial charge in [-0.1, -0.05) is 11.6 Å². The zero-order chi connectivity index (χ0) is 13.2. The molecule has 2 rings (SSSR count). The molecule has 0 amide bonds. The van der Waals surface area contributed by atoms with Gasteiger partial charge in [-0.2, -0.15) is 4.98 Å². The second-order valence-corrected chi connectivity index (χ2v) is 5.16. The quantitative estimate of drug-likeness (QED) is 0.824. The second kappa shape index (κ2) is 5.18. The number of carbonyl (C=O) groups is 1. The molecule has 5 heteroatoms. The van der Waals surface area contributed by atoms with Crippen molar-refractivity contribution in [1.29, 1.82) is 0 Å². The van der Waals surface area contributed by atoms with E-state index in [2.05, 4.69) is 10.1 Å². The van der Waals surface area contributed by atoms with E-state index in [1.807, 2.05) is 20.8 Å². The normalized spacial score (nSPS) is 21.3. The highest BCUT2D eigenvalue weighted by atomic mass is 16.5. The summed E-state index contributed by atoms with van der Waals surface area (Å²) in [5.41, 5.74) is -0.575. The maximum Gasteiger partial charge on any atom is 0.237 e. The Morgan fingerprint density at radius 3 is 2.89 bits per heavy atom. The van der Waals surface area contributed by atoms with Gasteiger partial charge in [0.15, 0.2) is 0 Å². The topological polar surface area (TPSA) is 65.2 Å². The third-order valence-electron chi connectivity index (χ3n) is 3.34. The van der Waals surface area contributed by atoms with Crippen molar-refractivity contribution in [2.75, 3.05) is 6.61 Å². The number of rotatable bonds is 4. The van der Waals surface area contributed by atoms with Gasteiger partial charge in [-0.15, -0.1) is 0 Å². The predicted octanol–water partition coefficient (Wildman–Crippen LogP) is 2.57. The van der Waals surface area contributed by atoms with E-state index in [1.165, 1.54) is 0 Å². The summed E-state index contributed by atoms with van der Waals surface area (Å²) in [5.74, 6) is 0.961. The van der Waals surface area contributed by atoms with Crippen molar-refractivity contribution in [2.24, 2.45) is 0 Å². The Balaban J connectivity index is 2.17. The van der Waals surface area contributed by atoms with Crippen LogP contribution in [0.5, 0.6) is 0 Å². The molecule has 18 heavy (non-hydrogen) atoms. The van der Waals surface area contributed by atoms with Crippen molar-refractivity contribution < 1.29 is 14.1 Å². The lowest BCUT2D eigenvalue weighted by Crippen LogP contribution is -2.23. The predicted molar refractivity (Wildman–Crippen MR) is 65.2 cm³/mol. The van der Waals surface area contributed by atoms with Gasteiger partial charge in [0.1, 0.15) is 11.4 Å². The van der Waals surface area contributed by atoms with Crippen LogP contribution < -0.4 is 0 Å². The highest BCUT2D eigenvalue weighted by Crippen LogP contribution is 2.30. The Morgan fingerprint density at radius 2 is 2.22 bits per heavy atom. The first-order valence-corrected chi connectivity index (χ1v) is 6.55. The third-order valence-corrected chi connectivity index (χ3v) is 3.34. The Bertz CT molecular complexity index is 426. The zero-order valence-electron chi connectivity index (χ0n) is 11.2. The summed E-state index contributed by atoms with van der Waals surface area (Å²) < 4.78 is 10.8. The van der Waals surface area contributed by atoms with E-state index in [9.17, 15) is 4.79 Å². The second-order valence-electron chi connectivity index (χ2n) is 5.16. The van der Waals surface area contributed by atoms with Crippen LogP contribution in [0.2, 0.25) is 0 Å². The maximum atomic E-state index is 11.8. The van der Waals surface area contributed by atoms with Gasteiger partial charge in [-0.05, 0) is 33.6 Å². The van der Waals surface area contributed by atoms with Gasteiger partial charge in [0.2, 0.25) is 11.7 Å². The fourth-order valence-corrected chi connectivity index (χ4v) is 2.29. The minimum Gasteiger partial charge on any atom is -0.368 e. The first-order chi connectivity index (χ1) is 8.54. The molecule has 1 unspecified atom stereocenters. The summed E-state index contributed by atoms with van der Waals surface area (Å²) in [7, 11) is 0. The summed E-state index contributed by atoms with van der Waals surface area (Å²) >= 11 is 0. The number of nitrogens with zero attached hydrogens (tertiary/aromatic N) is 2. The molecule has 0 N–H and O–H groups in total. The molecule has 1 fully saturated rings. The smallest absolute Gasteiger partial charge is 0.237 e. The van der Waals surface area contributed by atoms with Gasteiger partial charge in [-0.3, -0.25) is 4.79 Å². The van der Waals surface area contributed by atoms with Crippen LogP contribution in [0.3, 0.4) is 0 Å².